The zero-order valence-corrected chi connectivity index (χ0v) is 20.6. The number of benzene rings is 1. The Morgan fingerprint density at radius 3 is 1.47 bits per heavy atom. The van der Waals surface area contributed by atoms with E-state index in [1.54, 1.807) is 0 Å². The molecule has 0 aliphatic heterocycles. The van der Waals surface area contributed by atoms with Gasteiger partial charge in [-0.05, 0) is 12.0 Å². The number of hydrogen-bond acceptors (Lipinski definition) is 4. The molecule has 0 bridgehead atoms. The molecule has 1 aromatic carbocycles. The van der Waals surface area contributed by atoms with Crippen LogP contribution in [0.15, 0.2) is 30.3 Å². The van der Waals surface area contributed by atoms with Crippen molar-refractivity contribution in [1.82, 2.24) is 5.01 Å². The van der Waals surface area contributed by atoms with E-state index < -0.39 is 5.09 Å². The van der Waals surface area contributed by atoms with Gasteiger partial charge in [0.1, 0.15) is 0 Å². The lowest BCUT2D eigenvalue weighted by molar-refractivity contribution is -0.742. The third-order valence-electron chi connectivity index (χ3n) is 5.78. The zero-order valence-electron chi connectivity index (χ0n) is 20.6. The number of rotatable bonds is 20. The van der Waals surface area contributed by atoms with Gasteiger partial charge in [-0.25, -0.2) is 5.01 Å². The molecule has 0 heterocycles. The predicted molar refractivity (Wildman–Crippen MR) is 134 cm³/mol. The smallest absolute Gasteiger partial charge is 0.291 e. The largest absolute Gasteiger partial charge is 0.328 e. The fourth-order valence-corrected chi connectivity index (χ4v) is 3.94. The Morgan fingerprint density at radius 2 is 1.09 bits per heavy atom. The Kier molecular flexibility index (Phi) is 22.7. The quantitative estimate of drug-likeness (QED) is 0.0918. The summed E-state index contributed by atoms with van der Waals surface area (Å²) in [7, 11) is 0. The van der Waals surface area contributed by atoms with Crippen LogP contribution in [-0.2, 0) is 6.54 Å². The summed E-state index contributed by atoms with van der Waals surface area (Å²) in [5, 5.41) is 15.6. The van der Waals surface area contributed by atoms with Gasteiger partial charge in [-0.1, -0.05) is 140 Å². The van der Waals surface area contributed by atoms with Crippen molar-refractivity contribution in [2.45, 2.75) is 123 Å². The van der Waals surface area contributed by atoms with Crippen LogP contribution in [0.25, 0.3) is 0 Å². The molecule has 0 saturated carbocycles. The summed E-state index contributed by atoms with van der Waals surface area (Å²) in [6, 6.07) is 10.5. The molecule has 0 aliphatic carbocycles. The summed E-state index contributed by atoms with van der Waals surface area (Å²) in [5.74, 6) is 6.11. The van der Waals surface area contributed by atoms with E-state index in [0.717, 1.165) is 13.1 Å². The number of nitrogens with two attached hydrogens (primary N) is 1. The second-order valence-corrected chi connectivity index (χ2v) is 8.85. The highest BCUT2D eigenvalue weighted by atomic mass is 16.9. The third kappa shape index (κ3) is 24.6. The third-order valence-corrected chi connectivity index (χ3v) is 5.78. The minimum atomic E-state index is -1.50. The Morgan fingerprint density at radius 1 is 0.750 bits per heavy atom. The maximum atomic E-state index is 8.36. The molecule has 0 radical (unpaired) electrons. The summed E-state index contributed by atoms with van der Waals surface area (Å²) >= 11 is 0. The average Bonchev–Trinajstić information content (AvgIpc) is 2.76. The number of hydrogen-bond donors (Lipinski definition) is 2. The Hall–Kier alpha value is -1.66. The van der Waals surface area contributed by atoms with Gasteiger partial charge >= 0.3 is 0 Å². The summed E-state index contributed by atoms with van der Waals surface area (Å²) in [5.41, 5.74) is 1.30. The minimum absolute atomic E-state index is 0.861. The van der Waals surface area contributed by atoms with E-state index in [2.05, 4.69) is 37.3 Å². The summed E-state index contributed by atoms with van der Waals surface area (Å²) in [4.78, 5) is 8.36. The fraction of sp³-hybridized carbons (Fsp3) is 0.769. The van der Waals surface area contributed by atoms with Gasteiger partial charge in [-0.2, -0.15) is 0 Å². The lowest BCUT2D eigenvalue weighted by atomic mass is 10.0. The molecule has 1 aromatic rings. The van der Waals surface area contributed by atoms with Gasteiger partial charge in [-0.3, -0.25) is 5.84 Å². The first-order valence-electron chi connectivity index (χ1n) is 12.9. The van der Waals surface area contributed by atoms with Gasteiger partial charge in [0.25, 0.3) is 5.09 Å². The topological polar surface area (TPSA) is 92.6 Å². The van der Waals surface area contributed by atoms with Crippen LogP contribution in [0.2, 0.25) is 0 Å². The zero-order chi connectivity index (χ0) is 23.7. The molecular formula is C26H49N3O3. The lowest BCUT2D eigenvalue weighted by Gasteiger charge is -2.16. The van der Waals surface area contributed by atoms with E-state index in [4.69, 9.17) is 21.2 Å². The van der Waals surface area contributed by atoms with Gasteiger partial charge in [0, 0.05) is 13.1 Å². The fourth-order valence-electron chi connectivity index (χ4n) is 3.94. The second-order valence-electron chi connectivity index (χ2n) is 8.85. The van der Waals surface area contributed by atoms with Crippen LogP contribution >= 0.6 is 0 Å². The van der Waals surface area contributed by atoms with Gasteiger partial charge < -0.3 is 5.21 Å². The Labute approximate surface area is 196 Å². The Bertz CT molecular complexity index is 510. The minimum Gasteiger partial charge on any atom is -0.328 e. The van der Waals surface area contributed by atoms with Crippen LogP contribution in [0, 0.1) is 10.1 Å². The molecule has 1 rings (SSSR count). The van der Waals surface area contributed by atoms with E-state index in [0.29, 0.717) is 0 Å². The molecule has 6 nitrogen and oxygen atoms in total. The van der Waals surface area contributed by atoms with Gasteiger partial charge in [0.05, 0.1) is 0 Å². The van der Waals surface area contributed by atoms with E-state index in [1.165, 1.54) is 115 Å². The second kappa shape index (κ2) is 24.0. The average molecular weight is 452 g/mol. The number of unbranched alkanes of at least 4 members (excludes halogenated alkanes) is 16. The molecule has 0 fully saturated rings. The normalized spacial score (nSPS) is 10.7. The highest BCUT2D eigenvalue weighted by Crippen LogP contribution is 2.14. The van der Waals surface area contributed by atoms with E-state index in [9.17, 15) is 0 Å². The van der Waals surface area contributed by atoms with Crippen LogP contribution in [-0.4, -0.2) is 21.8 Å². The van der Waals surface area contributed by atoms with Gasteiger partial charge in [0.15, 0.2) is 0 Å². The van der Waals surface area contributed by atoms with Gasteiger partial charge in [0.2, 0.25) is 0 Å². The van der Waals surface area contributed by atoms with Crippen molar-refractivity contribution in [3.05, 3.63) is 46.0 Å². The number of nitrogens with zero attached hydrogens (tertiary/aromatic N) is 2. The standard InChI is InChI=1S/C26H48N2.HNO3/c1-2-3-4-5-6-7-8-9-10-11-12-13-14-15-16-17-21-24-28(27)25-26-22-19-18-20-23-26;2-1(3)4/h18-20,22-23H,2-17,21,24-25,27H2,1H3;(H,2,3,4). The van der Waals surface area contributed by atoms with E-state index >= 15 is 0 Å². The van der Waals surface area contributed by atoms with Crippen molar-refractivity contribution in [2.75, 3.05) is 6.54 Å². The van der Waals surface area contributed by atoms with Crippen molar-refractivity contribution in [1.29, 1.82) is 0 Å². The van der Waals surface area contributed by atoms with Crippen molar-refractivity contribution < 1.29 is 10.3 Å². The maximum Gasteiger partial charge on any atom is 0.291 e. The molecule has 0 saturated heterocycles. The van der Waals surface area contributed by atoms with Crippen molar-refractivity contribution in [2.24, 2.45) is 5.84 Å². The molecule has 0 atom stereocenters. The van der Waals surface area contributed by atoms with Gasteiger partial charge in [-0.15, -0.1) is 10.1 Å². The van der Waals surface area contributed by atoms with E-state index in [1.807, 2.05) is 5.01 Å². The maximum absolute atomic E-state index is 8.36. The molecule has 3 N–H and O–H groups in total. The van der Waals surface area contributed by atoms with Crippen LogP contribution in [0.4, 0.5) is 0 Å². The highest BCUT2D eigenvalue weighted by molar-refractivity contribution is 5.14. The summed E-state index contributed by atoms with van der Waals surface area (Å²) < 4.78 is 0. The first kappa shape index (κ1) is 30.3. The monoisotopic (exact) mass is 451 g/mol. The molecule has 6 heteroatoms. The highest BCUT2D eigenvalue weighted by Gasteiger charge is 2.00. The Balaban J connectivity index is 0.00000220. The molecule has 0 aromatic heterocycles. The molecule has 0 aliphatic rings. The first-order chi connectivity index (χ1) is 15.6. The number of hydrazine groups is 1. The van der Waals surface area contributed by atoms with Crippen LogP contribution in [0.5, 0.6) is 0 Å². The van der Waals surface area contributed by atoms with Crippen molar-refractivity contribution in [3.8, 4) is 0 Å². The van der Waals surface area contributed by atoms with E-state index in [-0.39, 0.29) is 0 Å². The molecule has 186 valence electrons. The van der Waals surface area contributed by atoms with Crippen LogP contribution in [0.1, 0.15) is 122 Å². The molecule has 32 heavy (non-hydrogen) atoms. The summed E-state index contributed by atoms with van der Waals surface area (Å²) in [6.45, 7) is 4.16. The van der Waals surface area contributed by atoms with Crippen molar-refractivity contribution in [3.63, 3.8) is 0 Å². The molecule has 0 spiro atoms. The molecular weight excluding hydrogens is 402 g/mol. The molecule has 0 amide bonds. The van der Waals surface area contributed by atoms with Crippen molar-refractivity contribution >= 4 is 0 Å². The van der Waals surface area contributed by atoms with Crippen LogP contribution < -0.4 is 5.84 Å². The lowest BCUT2D eigenvalue weighted by Crippen LogP contribution is -2.31. The molecule has 0 unspecified atom stereocenters. The summed E-state index contributed by atoms with van der Waals surface area (Å²) in [6.07, 6.45) is 24.1. The first-order valence-corrected chi connectivity index (χ1v) is 12.9. The van der Waals surface area contributed by atoms with Crippen LogP contribution in [0.3, 0.4) is 0 Å². The SMILES string of the molecule is CCCCCCCCCCCCCCCCCCCN(N)Cc1ccccc1.O=[N+]([O-])O. The predicted octanol–water partition coefficient (Wildman–Crippen LogP) is 7.67.